The molecule has 3 heteroatoms. The Bertz CT molecular complexity index is 3900. The van der Waals surface area contributed by atoms with Crippen LogP contribution in [0.15, 0.2) is 261 Å². The van der Waals surface area contributed by atoms with Gasteiger partial charge in [-0.2, -0.15) is 0 Å². The molecule has 0 spiro atoms. The lowest BCUT2D eigenvalue weighted by Gasteiger charge is -2.13. The Morgan fingerprint density at radius 3 is 1.10 bits per heavy atom. The Hall–Kier alpha value is -9.05. The van der Waals surface area contributed by atoms with Gasteiger partial charge in [0.25, 0.3) is 0 Å². The van der Waals surface area contributed by atoms with Crippen LogP contribution >= 0.6 is 0 Å². The largest absolute Gasteiger partial charge is 0.309 e. The molecular formula is C65H43N3. The zero-order chi connectivity index (χ0) is 45.0. The minimum atomic E-state index is 0.958. The molecule has 0 amide bonds. The van der Waals surface area contributed by atoms with Gasteiger partial charge in [0, 0.05) is 44.0 Å². The van der Waals surface area contributed by atoms with Gasteiger partial charge in [-0.1, -0.05) is 194 Å². The van der Waals surface area contributed by atoms with Crippen molar-refractivity contribution in [2.24, 2.45) is 0 Å². The first kappa shape index (κ1) is 39.3. The van der Waals surface area contributed by atoms with Gasteiger partial charge < -0.3 is 9.13 Å². The summed E-state index contributed by atoms with van der Waals surface area (Å²) >= 11 is 0. The van der Waals surface area contributed by atoms with Gasteiger partial charge in [-0.25, -0.2) is 4.98 Å². The highest BCUT2D eigenvalue weighted by Gasteiger charge is 2.17. The number of rotatable bonds is 8. The Balaban J connectivity index is 0.867. The molecule has 3 aromatic heterocycles. The van der Waals surface area contributed by atoms with E-state index in [9.17, 15) is 0 Å². The van der Waals surface area contributed by atoms with Crippen LogP contribution in [0.5, 0.6) is 0 Å². The maximum atomic E-state index is 5.12. The number of pyridine rings is 1. The highest BCUT2D eigenvalue weighted by molar-refractivity contribution is 6.12. The molecule has 0 aliphatic rings. The second kappa shape index (κ2) is 16.4. The van der Waals surface area contributed by atoms with Crippen molar-refractivity contribution in [3.63, 3.8) is 0 Å². The van der Waals surface area contributed by atoms with Gasteiger partial charge in [-0.05, 0) is 111 Å². The molecule has 3 nitrogen and oxygen atoms in total. The summed E-state index contributed by atoms with van der Waals surface area (Å²) < 4.78 is 4.82. The summed E-state index contributed by atoms with van der Waals surface area (Å²) in [6.07, 6.45) is 0. The van der Waals surface area contributed by atoms with Crippen LogP contribution in [0, 0.1) is 0 Å². The first-order valence-electron chi connectivity index (χ1n) is 23.3. The molecule has 0 radical (unpaired) electrons. The van der Waals surface area contributed by atoms with E-state index in [0.29, 0.717) is 0 Å². The number of nitrogens with zero attached hydrogens (tertiary/aromatic N) is 3. The lowest BCUT2D eigenvalue weighted by molar-refractivity contribution is 1.18. The molecule has 3 heterocycles. The summed E-state index contributed by atoms with van der Waals surface area (Å²) in [6, 6.07) is 94.2. The third-order valence-electron chi connectivity index (χ3n) is 13.6. The molecule has 0 aliphatic heterocycles. The zero-order valence-corrected chi connectivity index (χ0v) is 37.2. The number of aromatic nitrogens is 3. The maximum absolute atomic E-state index is 5.12. The van der Waals surface area contributed by atoms with Crippen molar-refractivity contribution in [2.45, 2.75) is 0 Å². The van der Waals surface area contributed by atoms with Crippen molar-refractivity contribution in [1.82, 2.24) is 14.1 Å². The zero-order valence-electron chi connectivity index (χ0n) is 37.2. The van der Waals surface area contributed by atoms with Crippen LogP contribution in [0.2, 0.25) is 0 Å². The van der Waals surface area contributed by atoms with Crippen LogP contribution in [-0.2, 0) is 0 Å². The topological polar surface area (TPSA) is 22.8 Å². The maximum Gasteiger partial charge on any atom is 0.0715 e. The van der Waals surface area contributed by atoms with Crippen molar-refractivity contribution in [3.8, 4) is 78.4 Å². The van der Waals surface area contributed by atoms with E-state index in [4.69, 9.17) is 4.98 Å². The van der Waals surface area contributed by atoms with Gasteiger partial charge in [-0.3, -0.25) is 0 Å². The predicted molar refractivity (Wildman–Crippen MR) is 286 cm³/mol. The molecule has 13 rings (SSSR count). The number of para-hydroxylation sites is 2. The summed E-state index contributed by atoms with van der Waals surface area (Å²) in [7, 11) is 0. The van der Waals surface area contributed by atoms with E-state index in [1.807, 2.05) is 12.1 Å². The molecule has 0 saturated heterocycles. The normalized spacial score (nSPS) is 11.5. The Morgan fingerprint density at radius 2 is 0.559 bits per heavy atom. The van der Waals surface area contributed by atoms with Crippen molar-refractivity contribution in [3.05, 3.63) is 261 Å². The van der Waals surface area contributed by atoms with Crippen molar-refractivity contribution < 1.29 is 0 Å². The molecule has 0 N–H and O–H groups in total. The van der Waals surface area contributed by atoms with E-state index in [1.165, 1.54) is 77.0 Å². The molecule has 318 valence electrons. The Morgan fingerprint density at radius 1 is 0.206 bits per heavy atom. The average Bonchev–Trinajstić information content (AvgIpc) is 3.94. The molecule has 0 aliphatic carbocycles. The fraction of sp³-hybridized carbons (Fsp3) is 0. The van der Waals surface area contributed by atoms with E-state index in [0.717, 1.165) is 45.0 Å². The monoisotopic (exact) mass is 865 g/mol. The molecule has 0 saturated carbocycles. The van der Waals surface area contributed by atoms with E-state index in [-0.39, 0.29) is 0 Å². The van der Waals surface area contributed by atoms with Crippen molar-refractivity contribution in [1.29, 1.82) is 0 Å². The van der Waals surface area contributed by atoms with E-state index < -0.39 is 0 Å². The molecule has 10 aromatic carbocycles. The lowest BCUT2D eigenvalue weighted by Crippen LogP contribution is -1.95. The first-order chi connectivity index (χ1) is 33.7. The molecule has 0 atom stereocenters. The van der Waals surface area contributed by atoms with Gasteiger partial charge in [0.05, 0.1) is 33.5 Å². The fourth-order valence-corrected chi connectivity index (χ4v) is 10.2. The van der Waals surface area contributed by atoms with E-state index >= 15 is 0 Å². The number of hydrogen-bond donors (Lipinski definition) is 0. The molecule has 0 fully saturated rings. The molecule has 0 unspecified atom stereocenters. The molecule has 0 bridgehead atoms. The van der Waals surface area contributed by atoms with Crippen molar-refractivity contribution in [2.75, 3.05) is 0 Å². The van der Waals surface area contributed by atoms with Gasteiger partial charge in [0.1, 0.15) is 0 Å². The second-order valence-electron chi connectivity index (χ2n) is 17.6. The van der Waals surface area contributed by atoms with E-state index in [2.05, 4.69) is 258 Å². The fourth-order valence-electron chi connectivity index (χ4n) is 10.2. The minimum absolute atomic E-state index is 0.958. The van der Waals surface area contributed by atoms with Crippen LogP contribution in [0.25, 0.3) is 122 Å². The molecule has 68 heavy (non-hydrogen) atoms. The van der Waals surface area contributed by atoms with E-state index in [1.54, 1.807) is 0 Å². The van der Waals surface area contributed by atoms with Gasteiger partial charge in [0.2, 0.25) is 0 Å². The van der Waals surface area contributed by atoms with Crippen LogP contribution in [0.1, 0.15) is 0 Å². The summed E-state index contributed by atoms with van der Waals surface area (Å²) in [6.45, 7) is 0. The number of hydrogen-bond acceptors (Lipinski definition) is 1. The SMILES string of the molecule is c1ccc(-c2ccc(-c3ccc(-n4c5ccccc5c5cc(-c6ccc7c8ccccc8n(-c8ccc(-c9cc(-c%10ccccc%10)nc(-c%10ccccc%10)c9)cc8)c7c6)ccc54)cc3)cc2)cc1. The second-order valence-corrected chi connectivity index (χ2v) is 17.6. The summed E-state index contributed by atoms with van der Waals surface area (Å²) in [5, 5.41) is 4.94. The van der Waals surface area contributed by atoms with Crippen LogP contribution < -0.4 is 0 Å². The summed E-state index contributed by atoms with van der Waals surface area (Å²) in [4.78, 5) is 5.12. The molecular weight excluding hydrogens is 823 g/mol. The quantitative estimate of drug-likeness (QED) is 0.149. The van der Waals surface area contributed by atoms with Gasteiger partial charge in [0.15, 0.2) is 0 Å². The smallest absolute Gasteiger partial charge is 0.0715 e. The Kier molecular flexibility index (Phi) is 9.50. The van der Waals surface area contributed by atoms with Gasteiger partial charge >= 0.3 is 0 Å². The third-order valence-corrected chi connectivity index (χ3v) is 13.6. The van der Waals surface area contributed by atoms with Crippen LogP contribution in [-0.4, -0.2) is 14.1 Å². The summed E-state index contributed by atoms with van der Waals surface area (Å²) in [5.74, 6) is 0. The van der Waals surface area contributed by atoms with Crippen molar-refractivity contribution >= 4 is 43.6 Å². The minimum Gasteiger partial charge on any atom is -0.309 e. The number of fused-ring (bicyclic) bond motifs is 6. The number of benzene rings is 10. The van der Waals surface area contributed by atoms with Gasteiger partial charge in [-0.15, -0.1) is 0 Å². The highest BCUT2D eigenvalue weighted by atomic mass is 15.0. The molecule has 13 aromatic rings. The highest BCUT2D eigenvalue weighted by Crippen LogP contribution is 2.39. The standard InChI is InChI=1S/C65H43N3/c1-4-14-44(15-5-1)45-24-26-46(27-25-45)47-28-34-54(35-29-47)67-63-23-13-11-21-57(63)59-40-51(33-39-64(59)67)52-32-38-58-56-20-10-12-22-62(56)68(65(58)43-52)55-36-30-48(31-37-55)53-41-60(49-16-6-2-7-17-49)66-61(42-53)50-18-8-3-9-19-50/h1-43H. The third kappa shape index (κ3) is 6.88. The average molecular weight is 866 g/mol. The first-order valence-corrected chi connectivity index (χ1v) is 23.3. The van der Waals surface area contributed by atoms with Crippen LogP contribution in [0.3, 0.4) is 0 Å². The predicted octanol–water partition coefficient (Wildman–Crippen LogP) is 17.3. The lowest BCUT2D eigenvalue weighted by atomic mass is 9.99. The van der Waals surface area contributed by atoms with Crippen LogP contribution in [0.4, 0.5) is 0 Å². The summed E-state index contributed by atoms with van der Waals surface area (Å²) in [5.41, 5.74) is 20.6. The Labute approximate surface area is 395 Å².